The van der Waals surface area contributed by atoms with Crippen LogP contribution in [0, 0.1) is 6.92 Å². The van der Waals surface area contributed by atoms with Crippen molar-refractivity contribution in [3.05, 3.63) is 48.4 Å². The van der Waals surface area contributed by atoms with Crippen LogP contribution in [0.25, 0.3) is 11.5 Å². The fraction of sp³-hybridized carbons (Fsp3) is 0.318. The van der Waals surface area contributed by atoms with Crippen molar-refractivity contribution in [3.8, 4) is 17.2 Å². The van der Waals surface area contributed by atoms with Gasteiger partial charge in [0.15, 0.2) is 5.76 Å². The summed E-state index contributed by atoms with van der Waals surface area (Å²) < 4.78 is 11.2. The molecule has 1 fully saturated rings. The molecular weight excluding hydrogens is 416 g/mol. The minimum atomic E-state index is -0.608. The largest absolute Gasteiger partial charge is 0.494 e. The summed E-state index contributed by atoms with van der Waals surface area (Å²) in [4.78, 5) is 31.1. The Morgan fingerprint density at radius 1 is 1.19 bits per heavy atom. The van der Waals surface area contributed by atoms with E-state index < -0.39 is 5.25 Å². The first-order valence-corrected chi connectivity index (χ1v) is 11.0. The Balaban J connectivity index is 1.45. The van der Waals surface area contributed by atoms with Crippen LogP contribution in [0.1, 0.15) is 31.9 Å². The standard InChI is InChI=1S/C22H22N4O4S/c1-3-4-11-29-16-8-6-15(7-9-16)26-20(27)12-19(21(26)28)31-22-24-17(13-23-25-22)18-10-5-14(2)30-18/h5-10,13,19H,3-4,11-12H2,1-2H3. The molecule has 4 rings (SSSR count). The molecule has 1 aliphatic heterocycles. The molecule has 0 saturated carbocycles. The summed E-state index contributed by atoms with van der Waals surface area (Å²) in [6.45, 7) is 4.58. The molecule has 0 radical (unpaired) electrons. The zero-order valence-electron chi connectivity index (χ0n) is 17.3. The number of aromatic nitrogens is 3. The number of hydrogen-bond donors (Lipinski definition) is 0. The molecule has 8 nitrogen and oxygen atoms in total. The molecule has 1 saturated heterocycles. The fourth-order valence-corrected chi connectivity index (χ4v) is 4.08. The van der Waals surface area contributed by atoms with Crippen molar-refractivity contribution in [2.24, 2.45) is 0 Å². The molecule has 3 aromatic rings. The van der Waals surface area contributed by atoms with Crippen LogP contribution in [0.15, 0.2) is 52.2 Å². The average Bonchev–Trinajstić information content (AvgIpc) is 3.32. The first-order chi connectivity index (χ1) is 15.0. The molecule has 2 amide bonds. The minimum Gasteiger partial charge on any atom is -0.494 e. The van der Waals surface area contributed by atoms with E-state index in [-0.39, 0.29) is 18.2 Å². The van der Waals surface area contributed by atoms with E-state index in [4.69, 9.17) is 9.15 Å². The zero-order chi connectivity index (χ0) is 21.8. The summed E-state index contributed by atoms with van der Waals surface area (Å²) in [5.74, 6) is 1.50. The Hall–Kier alpha value is -3.20. The van der Waals surface area contributed by atoms with Crippen molar-refractivity contribution in [3.63, 3.8) is 0 Å². The second-order valence-corrected chi connectivity index (χ2v) is 8.28. The number of imide groups is 1. The van der Waals surface area contributed by atoms with Gasteiger partial charge in [0.05, 0.1) is 18.5 Å². The molecule has 1 aromatic carbocycles. The predicted octanol–water partition coefficient (Wildman–Crippen LogP) is 4.04. The van der Waals surface area contributed by atoms with Gasteiger partial charge in [0.25, 0.3) is 0 Å². The number of aryl methyl sites for hydroxylation is 1. The normalized spacial score (nSPS) is 16.2. The van der Waals surface area contributed by atoms with E-state index in [1.807, 2.05) is 13.0 Å². The third kappa shape index (κ3) is 4.77. The molecule has 0 N–H and O–H groups in total. The first kappa shape index (κ1) is 21.0. The number of amides is 2. The Kier molecular flexibility index (Phi) is 6.31. The second kappa shape index (κ2) is 9.30. The van der Waals surface area contributed by atoms with Crippen LogP contribution in [-0.2, 0) is 9.59 Å². The lowest BCUT2D eigenvalue weighted by molar-refractivity contribution is -0.121. The number of nitrogens with zero attached hydrogens (tertiary/aromatic N) is 4. The smallest absolute Gasteiger partial charge is 0.247 e. The summed E-state index contributed by atoms with van der Waals surface area (Å²) in [6.07, 6.45) is 3.60. The Bertz CT molecular complexity index is 1080. The maximum atomic E-state index is 12.9. The first-order valence-electron chi connectivity index (χ1n) is 10.1. The van der Waals surface area contributed by atoms with E-state index in [0.717, 1.165) is 30.4 Å². The molecule has 1 aliphatic rings. The van der Waals surface area contributed by atoms with Gasteiger partial charge in [-0.25, -0.2) is 9.88 Å². The summed E-state index contributed by atoms with van der Waals surface area (Å²) in [6, 6.07) is 10.6. The van der Waals surface area contributed by atoms with E-state index in [9.17, 15) is 9.59 Å². The Morgan fingerprint density at radius 3 is 2.71 bits per heavy atom. The molecule has 0 spiro atoms. The van der Waals surface area contributed by atoms with Crippen LogP contribution in [0.2, 0.25) is 0 Å². The molecule has 1 atom stereocenters. The third-order valence-electron chi connectivity index (χ3n) is 4.75. The van der Waals surface area contributed by atoms with E-state index in [0.29, 0.717) is 34.7 Å². The van der Waals surface area contributed by atoms with Gasteiger partial charge in [-0.1, -0.05) is 25.1 Å². The molecule has 3 heterocycles. The number of unbranched alkanes of at least 4 members (excludes halogenated alkanes) is 1. The van der Waals surface area contributed by atoms with Gasteiger partial charge in [0.2, 0.25) is 17.0 Å². The Morgan fingerprint density at radius 2 is 2.00 bits per heavy atom. The van der Waals surface area contributed by atoms with E-state index in [1.54, 1.807) is 30.3 Å². The lowest BCUT2D eigenvalue weighted by Gasteiger charge is -2.15. The molecule has 160 valence electrons. The van der Waals surface area contributed by atoms with Crippen LogP contribution in [0.4, 0.5) is 5.69 Å². The lowest BCUT2D eigenvalue weighted by atomic mass is 10.2. The van der Waals surface area contributed by atoms with Crippen molar-refractivity contribution in [2.45, 2.75) is 43.5 Å². The van der Waals surface area contributed by atoms with Gasteiger partial charge in [-0.05, 0) is 49.7 Å². The van der Waals surface area contributed by atoms with Crippen LogP contribution in [0.3, 0.4) is 0 Å². The molecule has 0 aliphatic carbocycles. The summed E-state index contributed by atoms with van der Waals surface area (Å²) in [5.41, 5.74) is 1.05. The Labute approximate surface area is 184 Å². The monoisotopic (exact) mass is 438 g/mol. The van der Waals surface area contributed by atoms with Crippen molar-refractivity contribution < 1.29 is 18.7 Å². The van der Waals surface area contributed by atoms with Crippen molar-refractivity contribution in [2.75, 3.05) is 11.5 Å². The van der Waals surface area contributed by atoms with Gasteiger partial charge in [-0.3, -0.25) is 9.59 Å². The van der Waals surface area contributed by atoms with Crippen LogP contribution in [-0.4, -0.2) is 38.9 Å². The lowest BCUT2D eigenvalue weighted by Crippen LogP contribution is -2.31. The molecular formula is C22H22N4O4S. The minimum absolute atomic E-state index is 0.0751. The highest BCUT2D eigenvalue weighted by Gasteiger charge is 2.40. The summed E-state index contributed by atoms with van der Waals surface area (Å²) in [7, 11) is 0. The molecule has 0 bridgehead atoms. The van der Waals surface area contributed by atoms with Crippen molar-refractivity contribution >= 4 is 29.3 Å². The van der Waals surface area contributed by atoms with Gasteiger partial charge < -0.3 is 9.15 Å². The number of ether oxygens (including phenoxy) is 1. The number of benzene rings is 1. The predicted molar refractivity (Wildman–Crippen MR) is 116 cm³/mol. The SMILES string of the molecule is CCCCOc1ccc(N2C(=O)CC(Sc3nncc(-c4ccc(C)o4)n3)C2=O)cc1. The van der Waals surface area contributed by atoms with Crippen LogP contribution in [0.5, 0.6) is 5.75 Å². The van der Waals surface area contributed by atoms with Gasteiger partial charge in [0, 0.05) is 6.42 Å². The quantitative estimate of drug-likeness (QED) is 0.384. The number of carbonyl (C=O) groups excluding carboxylic acids is 2. The molecule has 1 unspecified atom stereocenters. The van der Waals surface area contributed by atoms with Gasteiger partial charge in [0.1, 0.15) is 22.5 Å². The van der Waals surface area contributed by atoms with Gasteiger partial charge >= 0.3 is 0 Å². The van der Waals surface area contributed by atoms with E-state index in [2.05, 4.69) is 22.1 Å². The molecule has 2 aromatic heterocycles. The highest BCUT2D eigenvalue weighted by atomic mass is 32.2. The number of carbonyl (C=O) groups is 2. The van der Waals surface area contributed by atoms with E-state index >= 15 is 0 Å². The van der Waals surface area contributed by atoms with Crippen LogP contribution < -0.4 is 9.64 Å². The zero-order valence-corrected chi connectivity index (χ0v) is 18.1. The number of anilines is 1. The van der Waals surface area contributed by atoms with Crippen molar-refractivity contribution in [1.82, 2.24) is 15.2 Å². The highest BCUT2D eigenvalue weighted by molar-refractivity contribution is 8.00. The van der Waals surface area contributed by atoms with Crippen molar-refractivity contribution in [1.29, 1.82) is 0 Å². The number of rotatable bonds is 8. The van der Waals surface area contributed by atoms with Crippen LogP contribution >= 0.6 is 11.8 Å². The number of furan rings is 1. The topological polar surface area (TPSA) is 98.4 Å². The third-order valence-corrected chi connectivity index (χ3v) is 5.78. The highest BCUT2D eigenvalue weighted by Crippen LogP contribution is 2.33. The van der Waals surface area contributed by atoms with E-state index in [1.165, 1.54) is 11.1 Å². The number of thioether (sulfide) groups is 1. The molecule has 9 heteroatoms. The van der Waals surface area contributed by atoms with Gasteiger partial charge in [-0.2, -0.15) is 5.10 Å². The van der Waals surface area contributed by atoms with Gasteiger partial charge in [-0.15, -0.1) is 5.10 Å². The fourth-order valence-electron chi connectivity index (χ4n) is 3.15. The molecule has 31 heavy (non-hydrogen) atoms. The summed E-state index contributed by atoms with van der Waals surface area (Å²) in [5, 5.41) is 7.67. The summed E-state index contributed by atoms with van der Waals surface area (Å²) >= 11 is 1.13. The average molecular weight is 439 g/mol. The second-order valence-electron chi connectivity index (χ2n) is 7.11. The maximum Gasteiger partial charge on any atom is 0.247 e. The number of hydrogen-bond acceptors (Lipinski definition) is 8. The maximum absolute atomic E-state index is 12.9.